The number of carbonyl (C=O) groups excluding carboxylic acids is 1. The second-order valence-electron chi connectivity index (χ2n) is 10.0. The monoisotopic (exact) mass is 593 g/mol. The molecule has 11 heteroatoms. The van der Waals surface area contributed by atoms with E-state index >= 15 is 0 Å². The second-order valence-corrected chi connectivity index (χ2v) is 10.4. The second kappa shape index (κ2) is 12.8. The largest absolute Gasteiger partial charge is 0.493 e. The molecule has 4 aromatic rings. The van der Waals surface area contributed by atoms with Crippen LogP contribution in [0, 0.1) is 0 Å². The van der Waals surface area contributed by atoms with Crippen LogP contribution in [0.4, 0.5) is 5.69 Å². The zero-order valence-electron chi connectivity index (χ0n) is 24.4. The summed E-state index contributed by atoms with van der Waals surface area (Å²) in [5, 5.41) is 6.41. The Bertz CT molecular complexity index is 1580. The van der Waals surface area contributed by atoms with Crippen LogP contribution in [0.15, 0.2) is 48.5 Å². The van der Waals surface area contributed by atoms with E-state index in [1.54, 1.807) is 28.4 Å². The number of methoxy groups -OCH3 is 4. The molecule has 2 N–H and O–H groups in total. The standard InChI is InChI=1S/C31H36ClN5O5/c1-39-27-9-8-20(14-28(27)40-2)19-37-26-17-30(42-4)29(41-3)15-21(26)24(34-37)16-31(38)36-12-10-35(11-13-36)25-7-5-6-23(32)22(25)18-33/h5-9,14-15,17H,10-13,16,18-19,33H2,1-4H3. The molecule has 10 nitrogen and oxygen atoms in total. The number of amides is 1. The number of ether oxygens (including phenoxy) is 4. The first-order chi connectivity index (χ1) is 20.4. The quantitative estimate of drug-likeness (QED) is 0.293. The van der Waals surface area contributed by atoms with Gasteiger partial charge in [0, 0.05) is 60.4 Å². The van der Waals surface area contributed by atoms with Crippen molar-refractivity contribution in [2.24, 2.45) is 5.73 Å². The third kappa shape index (κ3) is 5.77. The SMILES string of the molecule is COc1ccc(Cn2nc(CC(=O)N3CCN(c4cccc(Cl)c4CN)CC3)c3cc(OC)c(OC)cc32)cc1OC. The maximum absolute atomic E-state index is 13.6. The fourth-order valence-electron chi connectivity index (χ4n) is 5.47. The maximum atomic E-state index is 13.6. The molecule has 1 fully saturated rings. The molecule has 1 saturated heterocycles. The number of anilines is 1. The zero-order chi connectivity index (χ0) is 29.8. The van der Waals surface area contributed by atoms with Gasteiger partial charge in [-0.05, 0) is 35.9 Å². The molecule has 3 aromatic carbocycles. The van der Waals surface area contributed by atoms with Crippen molar-refractivity contribution in [2.75, 3.05) is 59.5 Å². The van der Waals surface area contributed by atoms with Crippen molar-refractivity contribution < 1.29 is 23.7 Å². The van der Waals surface area contributed by atoms with Gasteiger partial charge in [-0.3, -0.25) is 9.48 Å². The highest BCUT2D eigenvalue weighted by Crippen LogP contribution is 2.35. The van der Waals surface area contributed by atoms with Crippen molar-refractivity contribution in [2.45, 2.75) is 19.5 Å². The summed E-state index contributed by atoms with van der Waals surface area (Å²) in [6.07, 6.45) is 0.163. The molecule has 1 aromatic heterocycles. The molecule has 1 aliphatic rings. The number of carbonyl (C=O) groups is 1. The van der Waals surface area contributed by atoms with E-state index in [4.69, 9.17) is 41.4 Å². The van der Waals surface area contributed by atoms with E-state index in [9.17, 15) is 4.79 Å². The molecular formula is C31H36ClN5O5. The van der Waals surface area contributed by atoms with Crippen molar-refractivity contribution >= 4 is 34.1 Å². The first-order valence-corrected chi connectivity index (χ1v) is 14.1. The molecule has 222 valence electrons. The molecule has 0 saturated carbocycles. The van der Waals surface area contributed by atoms with Gasteiger partial charge in [0.05, 0.1) is 52.6 Å². The molecule has 2 heterocycles. The minimum Gasteiger partial charge on any atom is -0.493 e. The normalized spacial score (nSPS) is 13.4. The predicted molar refractivity (Wildman–Crippen MR) is 163 cm³/mol. The molecule has 0 aliphatic carbocycles. The summed E-state index contributed by atoms with van der Waals surface area (Å²) in [5.74, 6) is 2.48. The van der Waals surface area contributed by atoms with E-state index < -0.39 is 0 Å². The number of nitrogens with zero attached hydrogens (tertiary/aromatic N) is 4. The Morgan fingerprint density at radius 3 is 2.21 bits per heavy atom. The van der Waals surface area contributed by atoms with Gasteiger partial charge in [-0.1, -0.05) is 23.7 Å². The number of fused-ring (bicyclic) bond motifs is 1. The van der Waals surface area contributed by atoms with Gasteiger partial charge in [0.2, 0.25) is 5.91 Å². The maximum Gasteiger partial charge on any atom is 0.228 e. The average Bonchev–Trinajstić information content (AvgIpc) is 3.35. The number of hydrogen-bond donors (Lipinski definition) is 1. The lowest BCUT2D eigenvalue weighted by atomic mass is 10.1. The number of halogens is 1. The fourth-order valence-corrected chi connectivity index (χ4v) is 5.71. The molecule has 0 unspecified atom stereocenters. The molecule has 0 bridgehead atoms. The van der Waals surface area contributed by atoms with E-state index in [0.29, 0.717) is 73.0 Å². The third-order valence-electron chi connectivity index (χ3n) is 7.70. The summed E-state index contributed by atoms with van der Waals surface area (Å²) in [4.78, 5) is 17.7. The van der Waals surface area contributed by atoms with Gasteiger partial charge < -0.3 is 34.5 Å². The third-order valence-corrected chi connectivity index (χ3v) is 8.06. The van der Waals surface area contributed by atoms with Crippen LogP contribution in [0.1, 0.15) is 16.8 Å². The number of hydrogen-bond acceptors (Lipinski definition) is 8. The number of nitrogens with two attached hydrogens (primary N) is 1. The van der Waals surface area contributed by atoms with Crippen LogP contribution in [0.3, 0.4) is 0 Å². The number of benzene rings is 3. The topological polar surface area (TPSA) is 104 Å². The Hall–Kier alpha value is -4.15. The van der Waals surface area contributed by atoms with Crippen LogP contribution >= 0.6 is 11.6 Å². The summed E-state index contributed by atoms with van der Waals surface area (Å²) in [7, 11) is 6.41. The lowest BCUT2D eigenvalue weighted by Crippen LogP contribution is -2.49. The van der Waals surface area contributed by atoms with E-state index in [-0.39, 0.29) is 12.3 Å². The van der Waals surface area contributed by atoms with Gasteiger partial charge in [0.25, 0.3) is 0 Å². The molecule has 0 radical (unpaired) electrons. The summed E-state index contributed by atoms with van der Waals surface area (Å²) in [6.45, 7) is 3.40. The van der Waals surface area contributed by atoms with Crippen molar-refractivity contribution in [1.82, 2.24) is 14.7 Å². The van der Waals surface area contributed by atoms with Crippen LogP contribution in [-0.4, -0.2) is 75.2 Å². The van der Waals surface area contributed by atoms with Gasteiger partial charge >= 0.3 is 0 Å². The number of aromatic nitrogens is 2. The summed E-state index contributed by atoms with van der Waals surface area (Å²) >= 11 is 6.38. The summed E-state index contributed by atoms with van der Waals surface area (Å²) in [6, 6.07) is 15.4. The van der Waals surface area contributed by atoms with Crippen LogP contribution in [0.25, 0.3) is 10.9 Å². The Morgan fingerprint density at radius 1 is 0.881 bits per heavy atom. The molecule has 1 aliphatic heterocycles. The molecule has 0 spiro atoms. The molecule has 5 rings (SSSR count). The highest BCUT2D eigenvalue weighted by atomic mass is 35.5. The van der Waals surface area contributed by atoms with Crippen LogP contribution < -0.4 is 29.6 Å². The Morgan fingerprint density at radius 2 is 1.55 bits per heavy atom. The van der Waals surface area contributed by atoms with Gasteiger partial charge in [-0.15, -0.1) is 0 Å². The number of rotatable bonds is 10. The average molecular weight is 594 g/mol. The molecule has 0 atom stereocenters. The molecular weight excluding hydrogens is 558 g/mol. The summed E-state index contributed by atoms with van der Waals surface area (Å²) in [5.41, 5.74) is 10.4. The highest BCUT2D eigenvalue weighted by Gasteiger charge is 2.25. The molecule has 42 heavy (non-hydrogen) atoms. The smallest absolute Gasteiger partial charge is 0.228 e. The van der Waals surface area contributed by atoms with E-state index in [0.717, 1.165) is 27.7 Å². The Labute approximate surface area is 250 Å². The summed E-state index contributed by atoms with van der Waals surface area (Å²) < 4.78 is 23.9. The van der Waals surface area contributed by atoms with Gasteiger partial charge in [-0.25, -0.2) is 0 Å². The minimum atomic E-state index is 0.0206. The first kappa shape index (κ1) is 29.3. The fraction of sp³-hybridized carbons (Fsp3) is 0.355. The molecule has 1 amide bonds. The van der Waals surface area contributed by atoms with Crippen molar-refractivity contribution in [3.05, 3.63) is 70.4 Å². The van der Waals surface area contributed by atoms with Gasteiger partial charge in [-0.2, -0.15) is 5.10 Å². The van der Waals surface area contributed by atoms with Gasteiger partial charge in [0.15, 0.2) is 23.0 Å². The van der Waals surface area contributed by atoms with Crippen LogP contribution in [0.5, 0.6) is 23.0 Å². The van der Waals surface area contributed by atoms with Crippen molar-refractivity contribution in [1.29, 1.82) is 0 Å². The lowest BCUT2D eigenvalue weighted by molar-refractivity contribution is -0.130. The van der Waals surface area contributed by atoms with Crippen molar-refractivity contribution in [3.63, 3.8) is 0 Å². The predicted octanol–water partition coefficient (Wildman–Crippen LogP) is 4.12. The Balaban J connectivity index is 1.39. The zero-order valence-corrected chi connectivity index (χ0v) is 25.1. The highest BCUT2D eigenvalue weighted by molar-refractivity contribution is 6.31. The minimum absolute atomic E-state index is 0.0206. The van der Waals surface area contributed by atoms with Crippen LogP contribution in [-0.2, 0) is 24.3 Å². The van der Waals surface area contributed by atoms with E-state index in [1.165, 1.54) is 0 Å². The lowest BCUT2D eigenvalue weighted by Gasteiger charge is -2.37. The van der Waals surface area contributed by atoms with Crippen LogP contribution in [0.2, 0.25) is 5.02 Å². The van der Waals surface area contributed by atoms with Gasteiger partial charge in [0.1, 0.15) is 0 Å². The van der Waals surface area contributed by atoms with Crippen molar-refractivity contribution in [3.8, 4) is 23.0 Å². The van der Waals surface area contributed by atoms with E-state index in [1.807, 2.05) is 58.1 Å². The van der Waals surface area contributed by atoms with E-state index in [2.05, 4.69) is 4.90 Å². The first-order valence-electron chi connectivity index (χ1n) is 13.7. The Kier molecular flexibility index (Phi) is 8.94. The number of piperazine rings is 1.